The Morgan fingerprint density at radius 3 is 2.52 bits per heavy atom. The molecule has 2 N–H and O–H groups in total. The van der Waals surface area contributed by atoms with Crippen molar-refractivity contribution in [2.24, 2.45) is 4.99 Å². The Labute approximate surface area is 186 Å². The van der Waals surface area contributed by atoms with Crippen molar-refractivity contribution in [2.75, 3.05) is 19.7 Å². The molecule has 1 fully saturated rings. The average Bonchev–Trinajstić information content (AvgIpc) is 2.80. The molecule has 0 saturated heterocycles. The summed E-state index contributed by atoms with van der Waals surface area (Å²) in [6, 6.07) is 0. The van der Waals surface area contributed by atoms with Crippen molar-refractivity contribution in [1.82, 2.24) is 15.6 Å². The van der Waals surface area contributed by atoms with Gasteiger partial charge in [-0.1, -0.05) is 25.7 Å². The molecule has 0 unspecified atom stereocenters. The standard InChI is InChI=1S/C20H36N4OS.HI/c1-4-21-20(23-15-19-16(2)24-17(3)26-19)22-13-9-10-14-25-18-11-7-5-6-8-12-18;/h18H,4-15H2,1-3H3,(H2,21,22,23);1H. The fraction of sp³-hybridized carbons (Fsp3) is 0.800. The number of aliphatic imine (C=N–C) groups is 1. The van der Waals surface area contributed by atoms with Gasteiger partial charge in [-0.3, -0.25) is 0 Å². The van der Waals surface area contributed by atoms with Gasteiger partial charge in [0.25, 0.3) is 0 Å². The van der Waals surface area contributed by atoms with E-state index in [1.807, 2.05) is 6.92 Å². The predicted octanol–water partition coefficient (Wildman–Crippen LogP) is 4.95. The molecule has 0 spiro atoms. The zero-order valence-electron chi connectivity index (χ0n) is 17.2. The molecule has 0 aliphatic heterocycles. The van der Waals surface area contributed by atoms with Crippen LogP contribution in [-0.2, 0) is 11.3 Å². The first-order valence-electron chi connectivity index (χ1n) is 10.3. The highest BCUT2D eigenvalue weighted by atomic mass is 127. The van der Waals surface area contributed by atoms with E-state index >= 15 is 0 Å². The van der Waals surface area contributed by atoms with Crippen LogP contribution in [0.25, 0.3) is 0 Å². The normalized spacial score (nSPS) is 15.9. The van der Waals surface area contributed by atoms with Crippen LogP contribution in [0.5, 0.6) is 0 Å². The number of aryl methyl sites for hydroxylation is 2. The lowest BCUT2D eigenvalue weighted by Crippen LogP contribution is -2.37. The lowest BCUT2D eigenvalue weighted by atomic mass is 10.1. The fourth-order valence-corrected chi connectivity index (χ4v) is 4.17. The van der Waals surface area contributed by atoms with Crippen LogP contribution in [-0.4, -0.2) is 36.7 Å². The maximum absolute atomic E-state index is 6.06. The van der Waals surface area contributed by atoms with E-state index in [2.05, 4.69) is 29.5 Å². The number of aromatic nitrogens is 1. The van der Waals surface area contributed by atoms with Gasteiger partial charge in [-0.2, -0.15) is 0 Å². The smallest absolute Gasteiger partial charge is 0.191 e. The number of rotatable bonds is 9. The molecule has 1 saturated carbocycles. The van der Waals surface area contributed by atoms with Crippen LogP contribution in [0, 0.1) is 13.8 Å². The zero-order chi connectivity index (χ0) is 18.6. The van der Waals surface area contributed by atoms with Crippen LogP contribution in [0.4, 0.5) is 0 Å². The molecule has 0 radical (unpaired) electrons. The minimum atomic E-state index is 0. The second kappa shape index (κ2) is 14.6. The number of halogens is 1. The Hall–Kier alpha value is -0.410. The van der Waals surface area contributed by atoms with Crippen molar-refractivity contribution in [3.63, 3.8) is 0 Å². The number of hydrogen-bond donors (Lipinski definition) is 2. The number of unbranched alkanes of at least 4 members (excludes halogenated alkanes) is 1. The van der Waals surface area contributed by atoms with E-state index in [9.17, 15) is 0 Å². The van der Waals surface area contributed by atoms with Gasteiger partial charge in [-0.05, 0) is 46.5 Å². The van der Waals surface area contributed by atoms with Gasteiger partial charge in [0.05, 0.1) is 23.4 Å². The Kier molecular flexibility index (Phi) is 13.3. The van der Waals surface area contributed by atoms with Gasteiger partial charge in [0.15, 0.2) is 5.96 Å². The molecular weight excluding hydrogens is 471 g/mol. The summed E-state index contributed by atoms with van der Waals surface area (Å²) in [5.74, 6) is 0.891. The predicted molar refractivity (Wildman–Crippen MR) is 126 cm³/mol. The molecule has 1 aromatic rings. The van der Waals surface area contributed by atoms with Crippen molar-refractivity contribution in [1.29, 1.82) is 0 Å². The van der Waals surface area contributed by atoms with Crippen molar-refractivity contribution >= 4 is 41.3 Å². The quantitative estimate of drug-likeness (QED) is 0.163. The minimum Gasteiger partial charge on any atom is -0.378 e. The summed E-state index contributed by atoms with van der Waals surface area (Å²) in [5.41, 5.74) is 1.10. The Bertz CT molecular complexity index is 542. The summed E-state index contributed by atoms with van der Waals surface area (Å²) in [5, 5.41) is 7.86. The third-order valence-electron chi connectivity index (χ3n) is 4.74. The highest BCUT2D eigenvalue weighted by Crippen LogP contribution is 2.20. The highest BCUT2D eigenvalue weighted by Gasteiger charge is 2.11. The van der Waals surface area contributed by atoms with Gasteiger partial charge < -0.3 is 15.4 Å². The maximum Gasteiger partial charge on any atom is 0.191 e. The summed E-state index contributed by atoms with van der Waals surface area (Å²) in [6.07, 6.45) is 10.7. The molecule has 1 heterocycles. The second-order valence-corrected chi connectivity index (χ2v) is 8.34. The molecule has 27 heavy (non-hydrogen) atoms. The molecule has 2 rings (SSSR count). The highest BCUT2D eigenvalue weighted by molar-refractivity contribution is 14.0. The molecule has 1 aromatic heterocycles. The Balaban J connectivity index is 0.00000364. The van der Waals surface area contributed by atoms with Gasteiger partial charge in [0.1, 0.15) is 0 Å². The number of guanidine groups is 1. The monoisotopic (exact) mass is 508 g/mol. The molecule has 1 aliphatic rings. The molecule has 5 nitrogen and oxygen atoms in total. The maximum atomic E-state index is 6.06. The van der Waals surface area contributed by atoms with Gasteiger partial charge in [-0.25, -0.2) is 9.98 Å². The molecule has 0 bridgehead atoms. The summed E-state index contributed by atoms with van der Waals surface area (Å²) in [4.78, 5) is 10.4. The van der Waals surface area contributed by atoms with Gasteiger partial charge >= 0.3 is 0 Å². The van der Waals surface area contributed by atoms with Crippen molar-refractivity contribution in [3.8, 4) is 0 Å². The third kappa shape index (κ3) is 10.1. The van der Waals surface area contributed by atoms with Crippen molar-refractivity contribution in [2.45, 2.75) is 84.8 Å². The van der Waals surface area contributed by atoms with E-state index < -0.39 is 0 Å². The largest absolute Gasteiger partial charge is 0.378 e. The van der Waals surface area contributed by atoms with E-state index in [4.69, 9.17) is 9.73 Å². The minimum absolute atomic E-state index is 0. The third-order valence-corrected chi connectivity index (χ3v) is 5.80. The van der Waals surface area contributed by atoms with Crippen LogP contribution in [0.1, 0.15) is 73.9 Å². The summed E-state index contributed by atoms with van der Waals surface area (Å²) < 4.78 is 6.06. The first-order valence-corrected chi connectivity index (χ1v) is 11.1. The van der Waals surface area contributed by atoms with E-state index in [0.29, 0.717) is 12.6 Å². The Morgan fingerprint density at radius 2 is 1.89 bits per heavy atom. The molecule has 0 atom stereocenters. The lowest BCUT2D eigenvalue weighted by Gasteiger charge is -2.15. The molecule has 7 heteroatoms. The van der Waals surface area contributed by atoms with Crippen LogP contribution in [0.15, 0.2) is 4.99 Å². The number of nitrogens with one attached hydrogen (secondary N) is 2. The van der Waals surface area contributed by atoms with Crippen LogP contribution in [0.3, 0.4) is 0 Å². The number of nitrogens with zero attached hydrogens (tertiary/aromatic N) is 2. The van der Waals surface area contributed by atoms with Gasteiger partial charge in [0, 0.05) is 24.6 Å². The lowest BCUT2D eigenvalue weighted by molar-refractivity contribution is 0.0411. The molecule has 156 valence electrons. The molecule has 0 amide bonds. The average molecular weight is 509 g/mol. The van der Waals surface area contributed by atoms with E-state index in [-0.39, 0.29) is 24.0 Å². The summed E-state index contributed by atoms with van der Waals surface area (Å²) in [7, 11) is 0. The summed E-state index contributed by atoms with van der Waals surface area (Å²) >= 11 is 1.73. The van der Waals surface area contributed by atoms with Gasteiger partial charge in [0.2, 0.25) is 0 Å². The number of ether oxygens (including phenoxy) is 1. The fourth-order valence-electron chi connectivity index (χ4n) is 3.31. The van der Waals surface area contributed by atoms with E-state index in [1.54, 1.807) is 11.3 Å². The summed E-state index contributed by atoms with van der Waals surface area (Å²) in [6.45, 7) is 9.59. The van der Waals surface area contributed by atoms with E-state index in [0.717, 1.165) is 49.2 Å². The first-order chi connectivity index (χ1) is 12.7. The molecular formula is C20H37IN4OS. The second-order valence-electron chi connectivity index (χ2n) is 7.05. The molecule has 1 aliphatic carbocycles. The van der Waals surface area contributed by atoms with Crippen LogP contribution >= 0.6 is 35.3 Å². The van der Waals surface area contributed by atoms with E-state index in [1.165, 1.54) is 43.4 Å². The van der Waals surface area contributed by atoms with Crippen molar-refractivity contribution < 1.29 is 4.74 Å². The van der Waals surface area contributed by atoms with Crippen LogP contribution < -0.4 is 10.6 Å². The van der Waals surface area contributed by atoms with Crippen LogP contribution in [0.2, 0.25) is 0 Å². The zero-order valence-corrected chi connectivity index (χ0v) is 20.3. The van der Waals surface area contributed by atoms with Crippen molar-refractivity contribution in [3.05, 3.63) is 15.6 Å². The number of thiazole rings is 1. The SMILES string of the molecule is CCNC(=NCc1sc(C)nc1C)NCCCCOC1CCCCCC1.I. The first kappa shape index (κ1) is 24.6. The number of hydrogen-bond acceptors (Lipinski definition) is 4. The topological polar surface area (TPSA) is 58.5 Å². The Morgan fingerprint density at radius 1 is 1.15 bits per heavy atom. The van der Waals surface area contributed by atoms with Gasteiger partial charge in [-0.15, -0.1) is 35.3 Å². The molecule has 0 aromatic carbocycles.